The number of rotatable bonds is 6. The summed E-state index contributed by atoms with van der Waals surface area (Å²) in [6.07, 6.45) is 0.210. The molecule has 0 aromatic heterocycles. The van der Waals surface area contributed by atoms with E-state index in [1.165, 1.54) is 24.3 Å². The van der Waals surface area contributed by atoms with E-state index in [9.17, 15) is 18.0 Å². The van der Waals surface area contributed by atoms with E-state index in [-0.39, 0.29) is 17.0 Å². The number of nitrogens with two attached hydrogens (primary N) is 1. The molecule has 1 aliphatic rings. The van der Waals surface area contributed by atoms with Gasteiger partial charge in [0.2, 0.25) is 10.0 Å². The molecule has 1 aliphatic heterocycles. The van der Waals surface area contributed by atoms with Gasteiger partial charge in [-0.2, -0.15) is 0 Å². The summed E-state index contributed by atoms with van der Waals surface area (Å²) in [4.78, 5) is 27.8. The van der Waals surface area contributed by atoms with E-state index in [2.05, 4.69) is 5.32 Å². The molecule has 0 bridgehead atoms. The van der Waals surface area contributed by atoms with Gasteiger partial charge in [-0.3, -0.25) is 9.59 Å². The number of hydrogen-bond acceptors (Lipinski definition) is 5. The second-order valence-corrected chi connectivity index (χ2v) is 9.63. The van der Waals surface area contributed by atoms with Crippen LogP contribution in [0.25, 0.3) is 0 Å². The lowest BCUT2D eigenvalue weighted by molar-refractivity contribution is -0.120. The van der Waals surface area contributed by atoms with Gasteiger partial charge >= 0.3 is 0 Å². The molecule has 0 spiro atoms. The summed E-state index contributed by atoms with van der Waals surface area (Å²) in [6.45, 7) is 1.92. The van der Waals surface area contributed by atoms with Crippen LogP contribution in [0.5, 0.6) is 0 Å². The molecule has 0 atom stereocenters. The number of aryl methyl sites for hydroxylation is 1. The lowest BCUT2D eigenvalue weighted by Gasteiger charge is -2.15. The van der Waals surface area contributed by atoms with Gasteiger partial charge in [0.1, 0.15) is 5.70 Å². The fraction of sp³-hybridized carbons (Fsp3) is 0.0833. The maximum absolute atomic E-state index is 13.3. The summed E-state index contributed by atoms with van der Waals surface area (Å²) in [5.41, 5.74) is 3.13. The number of primary sulfonamides is 1. The van der Waals surface area contributed by atoms with Crippen LogP contribution in [0.2, 0.25) is 5.02 Å². The van der Waals surface area contributed by atoms with Gasteiger partial charge in [0, 0.05) is 17.1 Å². The molecular weight excluding hydrogens is 462 g/mol. The molecule has 7 nitrogen and oxygen atoms in total. The van der Waals surface area contributed by atoms with Crippen molar-refractivity contribution in [1.29, 1.82) is 0 Å². The van der Waals surface area contributed by atoms with Gasteiger partial charge < -0.3 is 5.32 Å². The van der Waals surface area contributed by atoms with Crippen LogP contribution in [0.4, 0.5) is 11.4 Å². The van der Waals surface area contributed by atoms with Crippen molar-refractivity contribution in [1.82, 2.24) is 0 Å². The molecule has 0 saturated heterocycles. The first-order valence-corrected chi connectivity index (χ1v) is 11.9. The van der Waals surface area contributed by atoms with Gasteiger partial charge in [-0.25, -0.2) is 18.5 Å². The normalized spacial score (nSPS) is 14.2. The number of nitrogens with zero attached hydrogens (tertiary/aromatic N) is 1. The first-order valence-electron chi connectivity index (χ1n) is 9.96. The van der Waals surface area contributed by atoms with Crippen molar-refractivity contribution in [3.05, 3.63) is 100 Å². The van der Waals surface area contributed by atoms with Crippen molar-refractivity contribution in [2.24, 2.45) is 5.14 Å². The van der Waals surface area contributed by atoms with E-state index in [1.54, 1.807) is 36.4 Å². The molecule has 1 heterocycles. The molecule has 2 amide bonds. The minimum atomic E-state index is -3.85. The van der Waals surface area contributed by atoms with Crippen LogP contribution in [0.3, 0.4) is 0 Å². The highest BCUT2D eigenvalue weighted by Crippen LogP contribution is 2.31. The van der Waals surface area contributed by atoms with Gasteiger partial charge in [0.05, 0.1) is 16.2 Å². The summed E-state index contributed by atoms with van der Waals surface area (Å²) in [7, 11) is -3.85. The first kappa shape index (κ1) is 22.7. The number of anilines is 2. The number of benzene rings is 3. The van der Waals surface area contributed by atoms with E-state index >= 15 is 0 Å². The molecular formula is C24H20ClN3O4S. The molecule has 0 aliphatic carbocycles. The molecule has 3 N–H and O–H groups in total. The van der Waals surface area contributed by atoms with Crippen LogP contribution < -0.4 is 15.4 Å². The van der Waals surface area contributed by atoms with E-state index in [0.29, 0.717) is 22.0 Å². The van der Waals surface area contributed by atoms with Crippen molar-refractivity contribution >= 4 is 44.8 Å². The summed E-state index contributed by atoms with van der Waals surface area (Å²) in [6, 6.07) is 19.7. The predicted molar refractivity (Wildman–Crippen MR) is 127 cm³/mol. The zero-order chi connectivity index (χ0) is 23.8. The van der Waals surface area contributed by atoms with Gasteiger partial charge in [0.25, 0.3) is 11.8 Å². The highest BCUT2D eigenvalue weighted by atomic mass is 35.5. The highest BCUT2D eigenvalue weighted by Gasteiger charge is 2.39. The highest BCUT2D eigenvalue weighted by molar-refractivity contribution is 7.89. The molecule has 0 fully saturated rings. The molecule has 0 saturated carbocycles. The fourth-order valence-electron chi connectivity index (χ4n) is 3.47. The second kappa shape index (κ2) is 8.82. The lowest BCUT2D eigenvalue weighted by atomic mass is 10.0. The Balaban J connectivity index is 1.72. The third kappa shape index (κ3) is 4.83. The Morgan fingerprint density at radius 3 is 2.06 bits per heavy atom. The van der Waals surface area contributed by atoms with Gasteiger partial charge in [-0.15, -0.1) is 0 Å². The zero-order valence-corrected chi connectivity index (χ0v) is 19.2. The molecule has 4 rings (SSSR count). The van der Waals surface area contributed by atoms with Gasteiger partial charge in [-0.05, 0) is 61.0 Å². The van der Waals surface area contributed by atoms with Crippen LogP contribution >= 0.6 is 11.6 Å². The number of nitrogens with one attached hydrogen (secondary N) is 1. The van der Waals surface area contributed by atoms with E-state index in [1.807, 2.05) is 19.1 Å². The van der Waals surface area contributed by atoms with Crippen molar-refractivity contribution in [3.63, 3.8) is 0 Å². The average Bonchev–Trinajstić information content (AvgIpc) is 3.00. The first-order chi connectivity index (χ1) is 15.6. The van der Waals surface area contributed by atoms with Crippen molar-refractivity contribution in [2.75, 3.05) is 10.2 Å². The third-order valence-electron chi connectivity index (χ3n) is 5.22. The molecule has 0 unspecified atom stereocenters. The number of amides is 2. The fourth-order valence-corrected chi connectivity index (χ4v) is 4.12. The maximum atomic E-state index is 13.3. The largest absolute Gasteiger partial charge is 0.351 e. The van der Waals surface area contributed by atoms with E-state index in [4.69, 9.17) is 16.7 Å². The molecule has 33 heavy (non-hydrogen) atoms. The van der Waals surface area contributed by atoms with Crippen LogP contribution in [0.1, 0.15) is 11.1 Å². The Morgan fingerprint density at radius 1 is 0.879 bits per heavy atom. The summed E-state index contributed by atoms with van der Waals surface area (Å²) in [5, 5.41) is 8.71. The SMILES string of the molecule is Cc1ccc(N2C(=O)C(Cc3ccc(Cl)cc3)=C(Nc3ccc(S(N)(=O)=O)cc3)C2=O)cc1. The van der Waals surface area contributed by atoms with Gasteiger partial charge in [0.15, 0.2) is 0 Å². The molecule has 9 heteroatoms. The molecule has 3 aromatic carbocycles. The predicted octanol–water partition coefficient (Wildman–Crippen LogP) is 3.78. The Kier molecular flexibility index (Phi) is 6.07. The third-order valence-corrected chi connectivity index (χ3v) is 6.40. The zero-order valence-electron chi connectivity index (χ0n) is 17.6. The molecule has 168 valence electrons. The summed E-state index contributed by atoms with van der Waals surface area (Å²) < 4.78 is 23.0. The van der Waals surface area contributed by atoms with Crippen molar-refractivity contribution < 1.29 is 18.0 Å². The number of halogens is 1. The number of sulfonamides is 1. The van der Waals surface area contributed by atoms with Crippen molar-refractivity contribution in [2.45, 2.75) is 18.2 Å². The monoisotopic (exact) mass is 481 g/mol. The Morgan fingerprint density at radius 2 is 1.48 bits per heavy atom. The lowest BCUT2D eigenvalue weighted by Crippen LogP contribution is -2.32. The Bertz CT molecular complexity index is 1360. The van der Waals surface area contributed by atoms with E-state index in [0.717, 1.165) is 16.0 Å². The number of carbonyl (C=O) groups is 2. The number of carbonyl (C=O) groups excluding carboxylic acids is 2. The van der Waals surface area contributed by atoms with Crippen LogP contribution in [-0.2, 0) is 26.0 Å². The standard InChI is InChI=1S/C24H20ClN3O4S/c1-15-2-10-19(11-3-15)28-23(29)21(14-16-4-6-17(25)7-5-16)22(24(28)30)27-18-8-12-20(13-9-18)33(26,31)32/h2-13,27H,14H2,1H3,(H2,26,31,32). The smallest absolute Gasteiger partial charge is 0.282 e. The average molecular weight is 482 g/mol. The number of imide groups is 1. The summed E-state index contributed by atoms with van der Waals surface area (Å²) >= 11 is 5.97. The Labute approximate surface area is 196 Å². The van der Waals surface area contributed by atoms with Crippen LogP contribution in [0.15, 0.2) is 89.0 Å². The quantitative estimate of drug-likeness (QED) is 0.521. The summed E-state index contributed by atoms with van der Waals surface area (Å²) in [5.74, 6) is -0.925. The van der Waals surface area contributed by atoms with Gasteiger partial charge in [-0.1, -0.05) is 41.4 Å². The second-order valence-electron chi connectivity index (χ2n) is 7.63. The minimum absolute atomic E-state index is 0.0569. The van der Waals surface area contributed by atoms with Crippen LogP contribution in [-0.4, -0.2) is 20.2 Å². The van der Waals surface area contributed by atoms with Crippen LogP contribution in [0, 0.1) is 6.92 Å². The molecule has 0 radical (unpaired) electrons. The minimum Gasteiger partial charge on any atom is -0.351 e. The van der Waals surface area contributed by atoms with Crippen molar-refractivity contribution in [3.8, 4) is 0 Å². The molecule has 3 aromatic rings. The van der Waals surface area contributed by atoms with E-state index < -0.39 is 21.8 Å². The topological polar surface area (TPSA) is 110 Å². The maximum Gasteiger partial charge on any atom is 0.282 e. The Hall–Kier alpha value is -3.46. The number of hydrogen-bond donors (Lipinski definition) is 2.